The highest BCUT2D eigenvalue weighted by Crippen LogP contribution is 2.25. The normalized spacial score (nSPS) is 22.8. The van der Waals surface area contributed by atoms with Crippen molar-refractivity contribution < 1.29 is 14.9 Å². The van der Waals surface area contributed by atoms with Crippen LogP contribution < -0.4 is 0 Å². The summed E-state index contributed by atoms with van der Waals surface area (Å²) >= 11 is 0. The molecule has 1 saturated heterocycles. The molecule has 0 radical (unpaired) electrons. The van der Waals surface area contributed by atoms with Crippen molar-refractivity contribution in [1.29, 1.82) is 0 Å². The molecule has 1 aliphatic rings. The lowest BCUT2D eigenvalue weighted by molar-refractivity contribution is -0.0829. The number of nitrogens with zero attached hydrogens (tertiary/aromatic N) is 1. The summed E-state index contributed by atoms with van der Waals surface area (Å²) in [6, 6.07) is 0. The minimum absolute atomic E-state index is 0.156. The first-order valence-electron chi connectivity index (χ1n) is 6.42. The monoisotopic (exact) mass is 245 g/mol. The standard InChI is InChI=1S/C13H27NO3/c1-11(15)12(2,3)9-14(4)10-13(16)5-7-17-8-6-13/h11,15-16H,5-10H2,1-4H3. The first kappa shape index (κ1) is 14.9. The molecule has 1 fully saturated rings. The Morgan fingerprint density at radius 2 is 1.88 bits per heavy atom. The molecule has 0 aromatic carbocycles. The Kier molecular flexibility index (Phi) is 4.95. The highest BCUT2D eigenvalue weighted by Gasteiger charge is 2.33. The van der Waals surface area contributed by atoms with Crippen LogP contribution in [0.4, 0.5) is 0 Å². The van der Waals surface area contributed by atoms with Crippen LogP contribution in [0.5, 0.6) is 0 Å². The van der Waals surface area contributed by atoms with Gasteiger partial charge >= 0.3 is 0 Å². The minimum atomic E-state index is -0.623. The molecule has 0 aromatic rings. The fraction of sp³-hybridized carbons (Fsp3) is 1.00. The first-order valence-corrected chi connectivity index (χ1v) is 6.42. The van der Waals surface area contributed by atoms with Crippen molar-refractivity contribution in [3.63, 3.8) is 0 Å². The molecule has 4 nitrogen and oxygen atoms in total. The summed E-state index contributed by atoms with van der Waals surface area (Å²) in [5, 5.41) is 20.1. The van der Waals surface area contributed by atoms with Gasteiger partial charge in [0.05, 0.1) is 11.7 Å². The van der Waals surface area contributed by atoms with Crippen LogP contribution in [0.3, 0.4) is 0 Å². The van der Waals surface area contributed by atoms with Crippen LogP contribution in [0.2, 0.25) is 0 Å². The second kappa shape index (κ2) is 5.65. The number of hydrogen-bond acceptors (Lipinski definition) is 4. The van der Waals surface area contributed by atoms with Crippen molar-refractivity contribution in [3.05, 3.63) is 0 Å². The van der Waals surface area contributed by atoms with Crippen LogP contribution in [0.1, 0.15) is 33.6 Å². The van der Waals surface area contributed by atoms with Gasteiger partial charge in [0.1, 0.15) is 0 Å². The fourth-order valence-corrected chi connectivity index (χ4v) is 2.30. The van der Waals surface area contributed by atoms with E-state index in [9.17, 15) is 10.2 Å². The van der Waals surface area contributed by atoms with Crippen LogP contribution >= 0.6 is 0 Å². The topological polar surface area (TPSA) is 52.9 Å². The second-order valence-corrected chi connectivity index (χ2v) is 6.17. The van der Waals surface area contributed by atoms with E-state index in [2.05, 4.69) is 4.90 Å². The average Bonchev–Trinajstić information content (AvgIpc) is 2.16. The summed E-state index contributed by atoms with van der Waals surface area (Å²) in [5.41, 5.74) is -0.780. The van der Waals surface area contributed by atoms with Gasteiger partial charge in [0.25, 0.3) is 0 Å². The van der Waals surface area contributed by atoms with Crippen LogP contribution in [0.15, 0.2) is 0 Å². The maximum atomic E-state index is 10.4. The van der Waals surface area contributed by atoms with Crippen molar-refractivity contribution in [2.45, 2.75) is 45.3 Å². The van der Waals surface area contributed by atoms with Crippen molar-refractivity contribution in [2.75, 3.05) is 33.4 Å². The Hall–Kier alpha value is -0.160. The van der Waals surface area contributed by atoms with Crippen LogP contribution in [0.25, 0.3) is 0 Å². The van der Waals surface area contributed by atoms with E-state index >= 15 is 0 Å². The van der Waals surface area contributed by atoms with E-state index in [0.29, 0.717) is 32.6 Å². The molecule has 0 saturated carbocycles. The Morgan fingerprint density at radius 3 is 2.35 bits per heavy atom. The lowest BCUT2D eigenvalue weighted by Crippen LogP contribution is -2.49. The number of likely N-dealkylation sites (N-methyl/N-ethyl adjacent to an activating group) is 1. The molecule has 1 unspecified atom stereocenters. The Morgan fingerprint density at radius 1 is 1.35 bits per heavy atom. The van der Waals surface area contributed by atoms with E-state index in [4.69, 9.17) is 4.74 Å². The van der Waals surface area contributed by atoms with E-state index in [1.807, 2.05) is 27.8 Å². The van der Waals surface area contributed by atoms with Gasteiger partial charge in [-0.15, -0.1) is 0 Å². The van der Waals surface area contributed by atoms with Gasteiger partial charge in [-0.05, 0) is 14.0 Å². The fourth-order valence-electron chi connectivity index (χ4n) is 2.30. The second-order valence-electron chi connectivity index (χ2n) is 6.17. The number of rotatable bonds is 5. The molecule has 1 heterocycles. The molecule has 1 aliphatic heterocycles. The molecule has 0 aromatic heterocycles. The summed E-state index contributed by atoms with van der Waals surface area (Å²) in [4.78, 5) is 2.11. The van der Waals surface area contributed by atoms with E-state index in [1.54, 1.807) is 0 Å². The number of ether oxygens (including phenoxy) is 1. The third-order valence-electron chi connectivity index (χ3n) is 3.80. The summed E-state index contributed by atoms with van der Waals surface area (Å²) in [7, 11) is 2.00. The third kappa shape index (κ3) is 4.54. The number of aliphatic hydroxyl groups excluding tert-OH is 1. The molecule has 0 amide bonds. The first-order chi connectivity index (χ1) is 7.75. The van der Waals surface area contributed by atoms with E-state index in [1.165, 1.54) is 0 Å². The van der Waals surface area contributed by atoms with Gasteiger partial charge in [-0.2, -0.15) is 0 Å². The molecule has 1 atom stereocenters. The molecule has 1 rings (SSSR count). The zero-order valence-corrected chi connectivity index (χ0v) is 11.6. The van der Waals surface area contributed by atoms with Gasteiger partial charge in [-0.1, -0.05) is 13.8 Å². The predicted molar refractivity (Wildman–Crippen MR) is 68.0 cm³/mol. The highest BCUT2D eigenvalue weighted by atomic mass is 16.5. The Labute approximate surface area is 105 Å². The van der Waals surface area contributed by atoms with Crippen molar-refractivity contribution in [1.82, 2.24) is 4.90 Å². The number of aliphatic hydroxyl groups is 2. The summed E-state index contributed by atoms with van der Waals surface area (Å²) in [5.74, 6) is 0. The molecule has 0 bridgehead atoms. The van der Waals surface area contributed by atoms with Gasteiger partial charge in [-0.3, -0.25) is 0 Å². The van der Waals surface area contributed by atoms with Crippen molar-refractivity contribution >= 4 is 0 Å². The van der Waals surface area contributed by atoms with Crippen LogP contribution in [0, 0.1) is 5.41 Å². The zero-order chi connectivity index (χ0) is 13.1. The lowest BCUT2D eigenvalue weighted by atomic mass is 9.86. The summed E-state index contributed by atoms with van der Waals surface area (Å²) in [6.07, 6.45) is 1.05. The van der Waals surface area contributed by atoms with Gasteiger partial charge in [0.2, 0.25) is 0 Å². The molecule has 4 heteroatoms. The summed E-state index contributed by atoms with van der Waals surface area (Å²) in [6.45, 7) is 8.61. The van der Waals surface area contributed by atoms with Gasteiger partial charge in [-0.25, -0.2) is 0 Å². The van der Waals surface area contributed by atoms with Crippen molar-refractivity contribution in [3.8, 4) is 0 Å². The predicted octanol–water partition coefficient (Wildman–Crippen LogP) is 0.867. The molecule has 102 valence electrons. The largest absolute Gasteiger partial charge is 0.393 e. The summed E-state index contributed by atoms with van der Waals surface area (Å²) < 4.78 is 5.27. The van der Waals surface area contributed by atoms with E-state index < -0.39 is 5.60 Å². The van der Waals surface area contributed by atoms with Crippen LogP contribution in [-0.2, 0) is 4.74 Å². The Balaban J connectivity index is 2.45. The quantitative estimate of drug-likeness (QED) is 0.754. The lowest BCUT2D eigenvalue weighted by Gasteiger charge is -2.39. The minimum Gasteiger partial charge on any atom is -0.393 e. The molecule has 2 N–H and O–H groups in total. The zero-order valence-electron chi connectivity index (χ0n) is 11.6. The SMILES string of the molecule is CC(O)C(C)(C)CN(C)CC1(O)CCOCC1. The molecule has 0 spiro atoms. The van der Waals surface area contributed by atoms with Gasteiger partial charge < -0.3 is 19.8 Å². The van der Waals surface area contributed by atoms with E-state index in [0.717, 1.165) is 6.54 Å². The van der Waals surface area contributed by atoms with Gasteiger partial charge in [0.15, 0.2) is 0 Å². The van der Waals surface area contributed by atoms with E-state index in [-0.39, 0.29) is 11.5 Å². The Bertz CT molecular complexity index is 235. The van der Waals surface area contributed by atoms with Gasteiger partial charge in [0, 0.05) is 44.6 Å². The molecule has 17 heavy (non-hydrogen) atoms. The number of hydrogen-bond donors (Lipinski definition) is 2. The average molecular weight is 245 g/mol. The highest BCUT2D eigenvalue weighted by molar-refractivity contribution is 4.86. The maximum absolute atomic E-state index is 10.4. The van der Waals surface area contributed by atoms with Crippen molar-refractivity contribution in [2.24, 2.45) is 5.41 Å². The molecular weight excluding hydrogens is 218 g/mol. The molecule has 0 aliphatic carbocycles. The maximum Gasteiger partial charge on any atom is 0.0817 e. The smallest absolute Gasteiger partial charge is 0.0817 e. The van der Waals surface area contributed by atoms with Crippen LogP contribution in [-0.4, -0.2) is 60.2 Å². The molecular formula is C13H27NO3. The third-order valence-corrected chi connectivity index (χ3v) is 3.80.